The second-order valence-electron chi connectivity index (χ2n) is 4.88. The van der Waals surface area contributed by atoms with E-state index in [-0.39, 0.29) is 18.2 Å². The minimum atomic E-state index is -0.152. The van der Waals surface area contributed by atoms with Gasteiger partial charge in [-0.3, -0.25) is 4.79 Å². The van der Waals surface area contributed by atoms with Gasteiger partial charge in [0.05, 0.1) is 0 Å². The van der Waals surface area contributed by atoms with Crippen molar-refractivity contribution in [3.8, 4) is 0 Å². The summed E-state index contributed by atoms with van der Waals surface area (Å²) in [4.78, 5) is 18.8. The van der Waals surface area contributed by atoms with Crippen LogP contribution in [0.4, 0.5) is 0 Å². The summed E-state index contributed by atoms with van der Waals surface area (Å²) in [5, 5.41) is 0. The number of nitrogens with two attached hydrogens (primary N) is 1. The normalized spacial score (nSPS) is 18.8. The van der Waals surface area contributed by atoms with Gasteiger partial charge in [-0.1, -0.05) is 19.3 Å². The van der Waals surface area contributed by atoms with Crippen LogP contribution in [0.3, 0.4) is 0 Å². The molecule has 5 nitrogen and oxygen atoms in total. The fourth-order valence-electron chi connectivity index (χ4n) is 2.69. The second kappa shape index (κ2) is 6.11. The van der Waals surface area contributed by atoms with Crippen molar-refractivity contribution in [2.24, 2.45) is 11.7 Å². The number of H-pyrrole nitrogens is 1. The summed E-state index contributed by atoms with van der Waals surface area (Å²) in [5.41, 5.74) is 5.82. The Bertz CT molecular complexity index is 438. The Morgan fingerprint density at radius 2 is 2.22 bits per heavy atom. The van der Waals surface area contributed by atoms with Gasteiger partial charge in [0.2, 0.25) is 0 Å². The molecule has 100 valence electrons. The number of methoxy groups -OCH3 is 1. The molecule has 1 fully saturated rings. The van der Waals surface area contributed by atoms with E-state index in [1.807, 2.05) is 0 Å². The van der Waals surface area contributed by atoms with E-state index in [0.29, 0.717) is 17.3 Å². The Kier molecular flexibility index (Phi) is 4.49. The highest BCUT2D eigenvalue weighted by Gasteiger charge is 2.26. The number of aromatic nitrogens is 2. The first-order valence-corrected chi connectivity index (χ1v) is 6.57. The van der Waals surface area contributed by atoms with Crippen LogP contribution in [0.2, 0.25) is 0 Å². The van der Waals surface area contributed by atoms with Crippen molar-refractivity contribution in [2.45, 2.75) is 44.8 Å². The van der Waals surface area contributed by atoms with E-state index in [1.54, 1.807) is 13.3 Å². The maximum Gasteiger partial charge on any atom is 0.255 e. The maximum atomic E-state index is 11.7. The summed E-state index contributed by atoms with van der Waals surface area (Å²) >= 11 is 0. The van der Waals surface area contributed by atoms with E-state index < -0.39 is 0 Å². The van der Waals surface area contributed by atoms with E-state index in [2.05, 4.69) is 9.97 Å². The molecule has 2 rings (SSSR count). The molecule has 3 N–H and O–H groups in total. The van der Waals surface area contributed by atoms with Gasteiger partial charge in [0.15, 0.2) is 0 Å². The van der Waals surface area contributed by atoms with Crippen LogP contribution in [0.15, 0.2) is 11.0 Å². The third-order valence-electron chi connectivity index (χ3n) is 3.71. The molecule has 1 aromatic rings. The molecule has 5 heteroatoms. The Balaban J connectivity index is 2.21. The van der Waals surface area contributed by atoms with E-state index in [9.17, 15) is 4.79 Å². The number of ether oxygens (including phenoxy) is 1. The molecule has 0 saturated heterocycles. The second-order valence-corrected chi connectivity index (χ2v) is 4.88. The summed E-state index contributed by atoms with van der Waals surface area (Å²) in [6.07, 6.45) is 7.49. The molecule has 0 amide bonds. The number of hydrogen-bond donors (Lipinski definition) is 2. The molecule has 1 atom stereocenters. The van der Waals surface area contributed by atoms with Gasteiger partial charge >= 0.3 is 0 Å². The van der Waals surface area contributed by atoms with Crippen LogP contribution < -0.4 is 11.3 Å². The van der Waals surface area contributed by atoms with Crippen LogP contribution in [-0.4, -0.2) is 17.1 Å². The van der Waals surface area contributed by atoms with Crippen molar-refractivity contribution in [3.05, 3.63) is 27.9 Å². The molecular weight excluding hydrogens is 230 g/mol. The van der Waals surface area contributed by atoms with Crippen molar-refractivity contribution in [1.82, 2.24) is 9.97 Å². The molecule has 1 aromatic heterocycles. The predicted octanol–water partition coefficient (Wildman–Crippen LogP) is 1.50. The van der Waals surface area contributed by atoms with Gasteiger partial charge in [-0.25, -0.2) is 4.98 Å². The van der Waals surface area contributed by atoms with Crippen LogP contribution in [0.25, 0.3) is 0 Å². The zero-order valence-corrected chi connectivity index (χ0v) is 10.8. The Morgan fingerprint density at radius 3 is 2.78 bits per heavy atom. The molecule has 0 radical (unpaired) electrons. The first-order chi connectivity index (χ1) is 8.76. The zero-order chi connectivity index (χ0) is 13.0. The van der Waals surface area contributed by atoms with Crippen LogP contribution in [0, 0.1) is 5.92 Å². The monoisotopic (exact) mass is 251 g/mol. The highest BCUT2D eigenvalue weighted by molar-refractivity contribution is 5.07. The third-order valence-corrected chi connectivity index (χ3v) is 3.71. The maximum absolute atomic E-state index is 11.7. The van der Waals surface area contributed by atoms with Gasteiger partial charge in [0, 0.05) is 25.4 Å². The Morgan fingerprint density at radius 1 is 1.50 bits per heavy atom. The van der Waals surface area contributed by atoms with Crippen LogP contribution in [0.5, 0.6) is 0 Å². The van der Waals surface area contributed by atoms with E-state index in [4.69, 9.17) is 10.5 Å². The summed E-state index contributed by atoms with van der Waals surface area (Å²) in [6, 6.07) is 0. The zero-order valence-electron chi connectivity index (χ0n) is 10.8. The summed E-state index contributed by atoms with van der Waals surface area (Å²) < 4.78 is 5.54. The standard InChI is InChI=1S/C13H21N3O2/c1-18-11(9-5-3-2-4-6-9)12-15-8-10(7-14)13(17)16-12/h8-9,11H,2-7,14H2,1H3,(H,15,16,17). The number of nitrogens with zero attached hydrogens (tertiary/aromatic N) is 1. The molecular formula is C13H21N3O2. The molecule has 1 aliphatic carbocycles. The molecule has 1 heterocycles. The molecule has 0 aliphatic heterocycles. The van der Waals surface area contributed by atoms with Crippen LogP contribution in [0.1, 0.15) is 49.6 Å². The Labute approximate surface area is 107 Å². The van der Waals surface area contributed by atoms with Crippen molar-refractivity contribution in [1.29, 1.82) is 0 Å². The molecule has 1 saturated carbocycles. The first kappa shape index (κ1) is 13.2. The third kappa shape index (κ3) is 2.79. The van der Waals surface area contributed by atoms with Gasteiger partial charge in [-0.05, 0) is 18.8 Å². The quantitative estimate of drug-likeness (QED) is 0.849. The van der Waals surface area contributed by atoms with Crippen molar-refractivity contribution >= 4 is 0 Å². The predicted molar refractivity (Wildman–Crippen MR) is 69.1 cm³/mol. The molecule has 1 aliphatic rings. The summed E-state index contributed by atoms with van der Waals surface area (Å²) in [6.45, 7) is 0.212. The largest absolute Gasteiger partial charge is 0.373 e. The van der Waals surface area contributed by atoms with Crippen molar-refractivity contribution in [3.63, 3.8) is 0 Å². The molecule has 18 heavy (non-hydrogen) atoms. The highest BCUT2D eigenvalue weighted by atomic mass is 16.5. The summed E-state index contributed by atoms with van der Waals surface area (Å²) in [5.74, 6) is 1.09. The number of hydrogen-bond acceptors (Lipinski definition) is 4. The number of rotatable bonds is 4. The fraction of sp³-hybridized carbons (Fsp3) is 0.692. The van der Waals surface area contributed by atoms with E-state index >= 15 is 0 Å². The fourth-order valence-corrected chi connectivity index (χ4v) is 2.69. The molecule has 0 bridgehead atoms. The lowest BCUT2D eigenvalue weighted by Gasteiger charge is -2.28. The minimum Gasteiger partial charge on any atom is -0.373 e. The lowest BCUT2D eigenvalue weighted by Crippen LogP contribution is -2.25. The number of aromatic amines is 1. The van der Waals surface area contributed by atoms with Crippen LogP contribution in [-0.2, 0) is 11.3 Å². The average Bonchev–Trinajstić information content (AvgIpc) is 2.41. The minimum absolute atomic E-state index is 0.107. The molecule has 0 aromatic carbocycles. The van der Waals surface area contributed by atoms with Crippen molar-refractivity contribution < 1.29 is 4.74 Å². The SMILES string of the molecule is COC(c1ncc(CN)c(=O)[nH]1)C1CCCCC1. The van der Waals surface area contributed by atoms with Crippen molar-refractivity contribution in [2.75, 3.05) is 7.11 Å². The molecule has 1 unspecified atom stereocenters. The average molecular weight is 251 g/mol. The lowest BCUT2D eigenvalue weighted by atomic mass is 9.85. The summed E-state index contributed by atoms with van der Waals surface area (Å²) in [7, 11) is 1.68. The highest BCUT2D eigenvalue weighted by Crippen LogP contribution is 2.34. The van der Waals surface area contributed by atoms with Gasteiger partial charge in [-0.2, -0.15) is 0 Å². The lowest BCUT2D eigenvalue weighted by molar-refractivity contribution is 0.0287. The van der Waals surface area contributed by atoms with Crippen LogP contribution >= 0.6 is 0 Å². The first-order valence-electron chi connectivity index (χ1n) is 6.57. The van der Waals surface area contributed by atoms with Gasteiger partial charge in [-0.15, -0.1) is 0 Å². The van der Waals surface area contributed by atoms with E-state index in [0.717, 1.165) is 12.8 Å². The van der Waals surface area contributed by atoms with Gasteiger partial charge in [0.25, 0.3) is 5.56 Å². The van der Waals surface area contributed by atoms with Gasteiger partial charge in [0.1, 0.15) is 11.9 Å². The van der Waals surface area contributed by atoms with E-state index in [1.165, 1.54) is 19.3 Å². The smallest absolute Gasteiger partial charge is 0.255 e. The number of nitrogens with one attached hydrogen (secondary N) is 1. The van der Waals surface area contributed by atoms with Gasteiger partial charge < -0.3 is 15.5 Å². The molecule has 0 spiro atoms. The Hall–Kier alpha value is -1.20. The topological polar surface area (TPSA) is 81.0 Å².